The number of aromatic nitrogens is 6. The van der Waals surface area contributed by atoms with Crippen molar-refractivity contribution in [1.82, 2.24) is 28.9 Å². The Balaban J connectivity index is 1.49. The summed E-state index contributed by atoms with van der Waals surface area (Å²) in [5, 5.41) is 1.23. The van der Waals surface area contributed by atoms with Gasteiger partial charge in [0.25, 0.3) is 5.88 Å². The molecule has 0 amide bonds. The fourth-order valence-electron chi connectivity index (χ4n) is 3.82. The van der Waals surface area contributed by atoms with Crippen molar-refractivity contribution in [2.45, 2.75) is 33.1 Å². The molecule has 0 atom stereocenters. The van der Waals surface area contributed by atoms with E-state index < -0.39 is 0 Å². The van der Waals surface area contributed by atoms with Gasteiger partial charge in [0.2, 0.25) is 5.65 Å². The van der Waals surface area contributed by atoms with Gasteiger partial charge in [-0.15, -0.1) is 0 Å². The topological polar surface area (TPSA) is 73.0 Å². The van der Waals surface area contributed by atoms with Crippen LogP contribution >= 0.6 is 0 Å². The van der Waals surface area contributed by atoms with E-state index in [0.717, 1.165) is 34.9 Å². The molecule has 0 bridgehead atoms. The number of H-pyrrole nitrogens is 1. The number of aryl methyl sites for hydroxylation is 1. The van der Waals surface area contributed by atoms with E-state index in [0.29, 0.717) is 18.4 Å². The van der Waals surface area contributed by atoms with Crippen molar-refractivity contribution >= 4 is 16.6 Å². The smallest absolute Gasteiger partial charge is 0.260 e. The van der Waals surface area contributed by atoms with E-state index in [4.69, 9.17) is 9.72 Å². The van der Waals surface area contributed by atoms with Crippen LogP contribution in [0, 0.1) is 6.92 Å². The number of hydrogen-bond acceptors (Lipinski definition) is 4. The van der Waals surface area contributed by atoms with E-state index in [1.54, 1.807) is 6.20 Å². The molecule has 0 aliphatic heterocycles. The first-order valence-corrected chi connectivity index (χ1v) is 10.2. The summed E-state index contributed by atoms with van der Waals surface area (Å²) in [6, 6.07) is 8.30. The van der Waals surface area contributed by atoms with Crippen LogP contribution in [0.1, 0.15) is 36.8 Å². The van der Waals surface area contributed by atoms with Gasteiger partial charge in [-0.05, 0) is 24.5 Å². The van der Waals surface area contributed by atoms with Crippen molar-refractivity contribution < 1.29 is 4.74 Å². The molecule has 0 radical (unpaired) electrons. The Morgan fingerprint density at radius 2 is 2.03 bits per heavy atom. The van der Waals surface area contributed by atoms with Crippen LogP contribution in [0.3, 0.4) is 0 Å². The minimum Gasteiger partial charge on any atom is -0.475 e. The Morgan fingerprint density at radius 1 is 1.17 bits per heavy atom. The third kappa shape index (κ3) is 3.12. The number of benzene rings is 1. The molecule has 0 unspecified atom stereocenters. The predicted octanol–water partition coefficient (Wildman–Crippen LogP) is 4.45. The van der Waals surface area contributed by atoms with Crippen molar-refractivity contribution in [1.29, 1.82) is 0 Å². The van der Waals surface area contributed by atoms with Crippen LogP contribution in [0.25, 0.3) is 22.4 Å². The fourth-order valence-corrected chi connectivity index (χ4v) is 3.82. The van der Waals surface area contributed by atoms with Crippen LogP contribution in [0.15, 0.2) is 55.2 Å². The van der Waals surface area contributed by atoms with Gasteiger partial charge in [0, 0.05) is 47.8 Å². The molecule has 0 saturated carbocycles. The van der Waals surface area contributed by atoms with Gasteiger partial charge in [0.15, 0.2) is 5.82 Å². The predicted molar refractivity (Wildman–Crippen MR) is 116 cm³/mol. The minimum absolute atomic E-state index is 0.332. The SMILES string of the molecule is Cc1nccn1-c1cn2c(C(C)C)cnc2c(OCCc2c[nH]c3ccccc23)n1. The van der Waals surface area contributed by atoms with Crippen molar-refractivity contribution in [3.05, 3.63) is 72.3 Å². The monoisotopic (exact) mass is 400 g/mol. The van der Waals surface area contributed by atoms with Gasteiger partial charge >= 0.3 is 0 Å². The van der Waals surface area contributed by atoms with Crippen molar-refractivity contribution in [3.8, 4) is 11.7 Å². The lowest BCUT2D eigenvalue weighted by Gasteiger charge is -2.12. The largest absolute Gasteiger partial charge is 0.475 e. The maximum Gasteiger partial charge on any atom is 0.260 e. The highest BCUT2D eigenvalue weighted by atomic mass is 16.5. The van der Waals surface area contributed by atoms with Gasteiger partial charge in [-0.3, -0.25) is 8.97 Å². The molecular formula is C23H24N6O. The van der Waals surface area contributed by atoms with Crippen LogP contribution in [-0.4, -0.2) is 35.5 Å². The molecule has 0 aliphatic rings. The first-order chi connectivity index (χ1) is 14.6. The average molecular weight is 400 g/mol. The molecule has 4 aromatic heterocycles. The maximum absolute atomic E-state index is 6.17. The quantitative estimate of drug-likeness (QED) is 0.457. The van der Waals surface area contributed by atoms with Crippen LogP contribution in [0.4, 0.5) is 0 Å². The van der Waals surface area contributed by atoms with Gasteiger partial charge in [0.05, 0.1) is 12.8 Å². The van der Waals surface area contributed by atoms with Crippen LogP contribution in [-0.2, 0) is 6.42 Å². The van der Waals surface area contributed by atoms with Gasteiger partial charge in [0.1, 0.15) is 5.82 Å². The number of nitrogens with zero attached hydrogens (tertiary/aromatic N) is 5. The fraction of sp³-hybridized carbons (Fsp3) is 0.261. The molecule has 5 aromatic rings. The highest BCUT2D eigenvalue weighted by Crippen LogP contribution is 2.25. The number of aromatic amines is 1. The second-order valence-electron chi connectivity index (χ2n) is 7.74. The van der Waals surface area contributed by atoms with Crippen LogP contribution < -0.4 is 4.74 Å². The van der Waals surface area contributed by atoms with E-state index in [2.05, 4.69) is 57.6 Å². The molecule has 0 aliphatic carbocycles. The summed E-state index contributed by atoms with van der Waals surface area (Å²) < 4.78 is 10.2. The Bertz CT molecular complexity index is 1330. The van der Waals surface area contributed by atoms with E-state index in [1.807, 2.05) is 36.1 Å². The first-order valence-electron chi connectivity index (χ1n) is 10.2. The lowest BCUT2D eigenvalue weighted by molar-refractivity contribution is 0.311. The van der Waals surface area contributed by atoms with Crippen LogP contribution in [0.2, 0.25) is 0 Å². The number of hydrogen-bond donors (Lipinski definition) is 1. The third-order valence-electron chi connectivity index (χ3n) is 5.43. The lowest BCUT2D eigenvalue weighted by Crippen LogP contribution is -2.09. The average Bonchev–Trinajstić information content (AvgIpc) is 3.46. The summed E-state index contributed by atoms with van der Waals surface area (Å²) in [5.74, 6) is 2.50. The standard InChI is InChI=1S/C23H24N6O/c1-15(2)20-13-26-22-23(27-21(14-29(20)22)28-10-9-24-16(28)3)30-11-8-17-12-25-19-7-5-4-6-18(17)19/h4-7,9-10,12-15,25H,8,11H2,1-3H3. The molecule has 0 saturated heterocycles. The number of fused-ring (bicyclic) bond motifs is 2. The molecular weight excluding hydrogens is 376 g/mol. The second kappa shape index (κ2) is 7.33. The number of rotatable bonds is 6. The Hall–Kier alpha value is -3.61. The molecule has 1 aromatic carbocycles. The van der Waals surface area contributed by atoms with Crippen molar-refractivity contribution in [3.63, 3.8) is 0 Å². The summed E-state index contributed by atoms with van der Waals surface area (Å²) in [6.07, 6.45) is 10.4. The summed E-state index contributed by atoms with van der Waals surface area (Å²) >= 11 is 0. The first kappa shape index (κ1) is 18.4. The van der Waals surface area contributed by atoms with Gasteiger partial charge < -0.3 is 9.72 Å². The summed E-state index contributed by atoms with van der Waals surface area (Å²) in [4.78, 5) is 17.0. The van der Waals surface area contributed by atoms with E-state index in [1.165, 1.54) is 10.9 Å². The molecule has 1 N–H and O–H groups in total. The molecule has 4 heterocycles. The third-order valence-corrected chi connectivity index (χ3v) is 5.43. The van der Waals surface area contributed by atoms with E-state index in [9.17, 15) is 0 Å². The molecule has 7 heteroatoms. The Labute approximate surface area is 174 Å². The van der Waals surface area contributed by atoms with Crippen molar-refractivity contribution in [2.75, 3.05) is 6.61 Å². The number of nitrogens with one attached hydrogen (secondary N) is 1. The highest BCUT2D eigenvalue weighted by molar-refractivity contribution is 5.83. The Morgan fingerprint density at radius 3 is 2.83 bits per heavy atom. The molecule has 0 spiro atoms. The number of imidazole rings is 2. The minimum atomic E-state index is 0.332. The Kier molecular flexibility index (Phi) is 4.50. The second-order valence-corrected chi connectivity index (χ2v) is 7.74. The van der Waals surface area contributed by atoms with E-state index in [-0.39, 0.29) is 0 Å². The molecule has 7 nitrogen and oxygen atoms in total. The van der Waals surface area contributed by atoms with Gasteiger partial charge in [-0.25, -0.2) is 9.97 Å². The zero-order chi connectivity index (χ0) is 20.7. The molecule has 0 fully saturated rings. The molecule has 5 rings (SSSR count). The summed E-state index contributed by atoms with van der Waals surface area (Å²) in [5.41, 5.74) is 4.22. The molecule has 30 heavy (non-hydrogen) atoms. The summed E-state index contributed by atoms with van der Waals surface area (Å²) in [6.45, 7) is 6.79. The summed E-state index contributed by atoms with van der Waals surface area (Å²) in [7, 11) is 0. The number of ether oxygens (including phenoxy) is 1. The zero-order valence-electron chi connectivity index (χ0n) is 17.3. The molecule has 152 valence electrons. The van der Waals surface area contributed by atoms with E-state index >= 15 is 0 Å². The van der Waals surface area contributed by atoms with Crippen LogP contribution in [0.5, 0.6) is 5.88 Å². The zero-order valence-corrected chi connectivity index (χ0v) is 17.3. The van der Waals surface area contributed by atoms with Gasteiger partial charge in [-0.2, -0.15) is 4.98 Å². The normalized spacial score (nSPS) is 11.7. The van der Waals surface area contributed by atoms with Crippen molar-refractivity contribution in [2.24, 2.45) is 0 Å². The number of para-hydroxylation sites is 1. The van der Waals surface area contributed by atoms with Gasteiger partial charge in [-0.1, -0.05) is 32.0 Å². The lowest BCUT2D eigenvalue weighted by atomic mass is 10.1. The highest BCUT2D eigenvalue weighted by Gasteiger charge is 2.16. The maximum atomic E-state index is 6.17.